The van der Waals surface area contributed by atoms with E-state index in [0.29, 0.717) is 23.8 Å². The Labute approximate surface area is 186 Å². The van der Waals surface area contributed by atoms with Crippen molar-refractivity contribution >= 4 is 15.7 Å². The minimum Gasteiger partial charge on any atom is -0.339 e. The molecule has 2 heterocycles. The van der Waals surface area contributed by atoms with Crippen molar-refractivity contribution in [3.05, 3.63) is 89.6 Å². The van der Waals surface area contributed by atoms with E-state index < -0.39 is 10.0 Å². The fourth-order valence-corrected chi connectivity index (χ4v) is 5.11. The van der Waals surface area contributed by atoms with Gasteiger partial charge in [0.1, 0.15) is 0 Å². The third-order valence-electron chi connectivity index (χ3n) is 5.62. The lowest BCUT2D eigenvalue weighted by Crippen LogP contribution is -2.15. The van der Waals surface area contributed by atoms with E-state index in [-0.39, 0.29) is 4.90 Å². The first-order valence-corrected chi connectivity index (χ1v) is 12.0. The van der Waals surface area contributed by atoms with E-state index in [2.05, 4.69) is 19.8 Å². The SMILES string of the molecule is O=S(=O)(Nc1ccccc1Cc1nc(-c2cccnc2)no1)c1ccc2c(c1)CCCC2. The molecule has 0 spiro atoms. The first kappa shape index (κ1) is 20.4. The first-order chi connectivity index (χ1) is 15.6. The van der Waals surface area contributed by atoms with Crippen molar-refractivity contribution in [3.8, 4) is 11.4 Å². The van der Waals surface area contributed by atoms with Crippen LogP contribution in [0.4, 0.5) is 5.69 Å². The summed E-state index contributed by atoms with van der Waals surface area (Å²) in [7, 11) is -3.72. The van der Waals surface area contributed by atoms with Crippen molar-refractivity contribution in [1.29, 1.82) is 0 Å². The second-order valence-corrected chi connectivity index (χ2v) is 9.51. The summed E-state index contributed by atoms with van der Waals surface area (Å²) in [4.78, 5) is 8.77. The maximum absolute atomic E-state index is 13.1. The van der Waals surface area contributed by atoms with E-state index >= 15 is 0 Å². The van der Waals surface area contributed by atoms with Crippen molar-refractivity contribution in [2.75, 3.05) is 4.72 Å². The Morgan fingerprint density at radius 3 is 2.66 bits per heavy atom. The number of nitrogens with zero attached hydrogens (tertiary/aromatic N) is 3. The Balaban J connectivity index is 1.39. The van der Waals surface area contributed by atoms with Crippen LogP contribution in [-0.2, 0) is 29.3 Å². The molecule has 0 amide bonds. The van der Waals surface area contributed by atoms with Crippen LogP contribution in [0.3, 0.4) is 0 Å². The zero-order valence-electron chi connectivity index (χ0n) is 17.4. The Morgan fingerprint density at radius 1 is 0.969 bits per heavy atom. The molecule has 4 aromatic rings. The number of nitrogens with one attached hydrogen (secondary N) is 1. The second-order valence-electron chi connectivity index (χ2n) is 7.83. The number of hydrogen-bond donors (Lipinski definition) is 1. The Morgan fingerprint density at radius 2 is 1.81 bits per heavy atom. The van der Waals surface area contributed by atoms with Gasteiger partial charge in [-0.25, -0.2) is 8.42 Å². The van der Waals surface area contributed by atoms with Gasteiger partial charge in [0.15, 0.2) is 0 Å². The van der Waals surface area contributed by atoms with Crippen LogP contribution in [0.15, 0.2) is 76.4 Å². The largest absolute Gasteiger partial charge is 0.339 e. The maximum Gasteiger partial charge on any atom is 0.261 e. The van der Waals surface area contributed by atoms with Gasteiger partial charge >= 0.3 is 0 Å². The van der Waals surface area contributed by atoms with Crippen molar-refractivity contribution in [2.45, 2.75) is 37.0 Å². The van der Waals surface area contributed by atoms with Crippen molar-refractivity contribution in [1.82, 2.24) is 15.1 Å². The fourth-order valence-electron chi connectivity index (χ4n) is 3.96. The molecular weight excluding hydrogens is 424 g/mol. The van der Waals surface area contributed by atoms with E-state index in [1.54, 1.807) is 42.7 Å². The van der Waals surface area contributed by atoms with E-state index in [1.807, 2.05) is 24.3 Å². The fraction of sp³-hybridized carbons (Fsp3) is 0.208. The highest BCUT2D eigenvalue weighted by atomic mass is 32.2. The molecule has 2 aromatic heterocycles. The Kier molecular flexibility index (Phi) is 5.45. The van der Waals surface area contributed by atoms with E-state index in [4.69, 9.17) is 4.52 Å². The lowest BCUT2D eigenvalue weighted by atomic mass is 9.92. The van der Waals surface area contributed by atoms with Crippen molar-refractivity contribution in [3.63, 3.8) is 0 Å². The molecule has 1 aliphatic carbocycles. The van der Waals surface area contributed by atoms with Crippen molar-refractivity contribution < 1.29 is 12.9 Å². The third kappa shape index (κ3) is 4.27. The minimum atomic E-state index is -3.72. The van der Waals surface area contributed by atoms with Gasteiger partial charge in [-0.3, -0.25) is 9.71 Å². The summed E-state index contributed by atoms with van der Waals surface area (Å²) in [6.07, 6.45) is 7.82. The number of sulfonamides is 1. The molecule has 1 aliphatic rings. The standard InChI is InChI=1S/C24H22N4O3S/c29-32(30,21-12-11-17-6-1-2-7-18(17)14-21)28-22-10-4-3-8-19(22)15-23-26-24(27-31-23)20-9-5-13-25-16-20/h3-5,8-14,16,28H,1-2,6-7,15H2. The summed E-state index contributed by atoms with van der Waals surface area (Å²) in [5.41, 5.74) is 4.36. The average molecular weight is 447 g/mol. The van der Waals surface area contributed by atoms with Gasteiger partial charge < -0.3 is 4.52 Å². The zero-order valence-corrected chi connectivity index (χ0v) is 18.2. The molecule has 0 fully saturated rings. The van der Waals surface area contributed by atoms with Crippen LogP contribution in [0.1, 0.15) is 35.4 Å². The molecule has 162 valence electrons. The molecule has 7 nitrogen and oxygen atoms in total. The summed E-state index contributed by atoms with van der Waals surface area (Å²) in [5.74, 6) is 0.838. The van der Waals surface area contributed by atoms with E-state index in [9.17, 15) is 8.42 Å². The summed E-state index contributed by atoms with van der Waals surface area (Å²) in [6, 6.07) is 16.3. The topological polar surface area (TPSA) is 98.0 Å². The van der Waals surface area contributed by atoms with Gasteiger partial charge in [-0.2, -0.15) is 4.98 Å². The summed E-state index contributed by atoms with van der Waals surface area (Å²) < 4.78 is 34.4. The van der Waals surface area contributed by atoms with Gasteiger partial charge in [-0.1, -0.05) is 29.4 Å². The molecule has 5 rings (SSSR count). The van der Waals surface area contributed by atoms with Gasteiger partial charge in [0.2, 0.25) is 11.7 Å². The molecular formula is C24H22N4O3S. The quantitative estimate of drug-likeness (QED) is 0.471. The minimum absolute atomic E-state index is 0.282. The van der Waals surface area contributed by atoms with Gasteiger partial charge in [0.05, 0.1) is 17.0 Å². The summed E-state index contributed by atoms with van der Waals surface area (Å²) in [6.45, 7) is 0. The molecule has 2 aromatic carbocycles. The van der Waals surface area contributed by atoms with Crippen LogP contribution in [-0.4, -0.2) is 23.5 Å². The van der Waals surface area contributed by atoms with Crippen LogP contribution in [0.2, 0.25) is 0 Å². The molecule has 0 bridgehead atoms. The molecule has 0 saturated carbocycles. The second kappa shape index (κ2) is 8.55. The monoisotopic (exact) mass is 446 g/mol. The summed E-state index contributed by atoms with van der Waals surface area (Å²) in [5, 5.41) is 4.01. The number of rotatable bonds is 6. The molecule has 1 N–H and O–H groups in total. The number of benzene rings is 2. The maximum atomic E-state index is 13.1. The van der Waals surface area contributed by atoms with Crippen LogP contribution < -0.4 is 4.72 Å². The summed E-state index contributed by atoms with van der Waals surface area (Å²) >= 11 is 0. The zero-order chi connectivity index (χ0) is 22.0. The molecule has 0 unspecified atom stereocenters. The molecule has 8 heteroatoms. The lowest BCUT2D eigenvalue weighted by Gasteiger charge is -2.17. The lowest BCUT2D eigenvalue weighted by molar-refractivity contribution is 0.386. The predicted octanol–water partition coefficient (Wildman–Crippen LogP) is 4.40. The number of aromatic nitrogens is 3. The van der Waals surface area contributed by atoms with E-state index in [1.165, 1.54) is 5.56 Å². The molecule has 0 atom stereocenters. The average Bonchev–Trinajstić information content (AvgIpc) is 3.29. The van der Waals surface area contributed by atoms with Gasteiger partial charge in [-0.05, 0) is 72.7 Å². The van der Waals surface area contributed by atoms with Gasteiger partial charge in [0.25, 0.3) is 10.0 Å². The number of para-hydroxylation sites is 1. The number of aryl methyl sites for hydroxylation is 2. The van der Waals surface area contributed by atoms with Crippen molar-refractivity contribution in [2.24, 2.45) is 0 Å². The predicted molar refractivity (Wildman–Crippen MR) is 121 cm³/mol. The molecule has 0 aliphatic heterocycles. The Hall–Kier alpha value is -3.52. The highest BCUT2D eigenvalue weighted by Crippen LogP contribution is 2.27. The molecule has 0 saturated heterocycles. The number of anilines is 1. The molecule has 0 radical (unpaired) electrons. The smallest absolute Gasteiger partial charge is 0.261 e. The highest BCUT2D eigenvalue weighted by molar-refractivity contribution is 7.92. The van der Waals surface area contributed by atoms with Crippen LogP contribution in [0.5, 0.6) is 0 Å². The highest BCUT2D eigenvalue weighted by Gasteiger charge is 2.20. The van der Waals surface area contributed by atoms with Crippen LogP contribution in [0.25, 0.3) is 11.4 Å². The number of pyridine rings is 1. The van der Waals surface area contributed by atoms with Crippen LogP contribution in [0, 0.1) is 0 Å². The third-order valence-corrected chi connectivity index (χ3v) is 6.98. The van der Waals surface area contributed by atoms with Gasteiger partial charge in [0, 0.05) is 18.0 Å². The van der Waals surface area contributed by atoms with Crippen LogP contribution >= 0.6 is 0 Å². The van der Waals surface area contributed by atoms with Gasteiger partial charge in [-0.15, -0.1) is 0 Å². The number of hydrogen-bond acceptors (Lipinski definition) is 6. The van der Waals surface area contributed by atoms with E-state index in [0.717, 1.165) is 42.4 Å². The first-order valence-electron chi connectivity index (χ1n) is 10.5. The molecule has 32 heavy (non-hydrogen) atoms. The Bertz CT molecular complexity index is 1350. The number of fused-ring (bicyclic) bond motifs is 1. The normalized spacial score (nSPS) is 13.5.